The molecule has 0 radical (unpaired) electrons. The molecule has 0 bridgehead atoms. The molecular weight excluding hydrogens is 330 g/mol. The van der Waals surface area contributed by atoms with Gasteiger partial charge < -0.3 is 24.5 Å². The third-order valence-corrected chi connectivity index (χ3v) is 4.74. The number of ether oxygens (including phenoxy) is 1. The van der Waals surface area contributed by atoms with Gasteiger partial charge in [0.2, 0.25) is 0 Å². The van der Waals surface area contributed by atoms with E-state index in [1.807, 2.05) is 25.7 Å². The van der Waals surface area contributed by atoms with Gasteiger partial charge in [-0.25, -0.2) is 4.79 Å². The molecule has 0 aromatic heterocycles. The van der Waals surface area contributed by atoms with Crippen molar-refractivity contribution >= 4 is 29.4 Å². The zero-order valence-electron chi connectivity index (χ0n) is 15.0. The lowest BCUT2D eigenvalue weighted by Crippen LogP contribution is -2.54. The fourth-order valence-corrected chi connectivity index (χ4v) is 3.33. The first-order valence-electron chi connectivity index (χ1n) is 8.17. The molecule has 7 nitrogen and oxygen atoms in total. The maximum Gasteiger partial charge on any atom is 0.410 e. The third-order valence-electron chi connectivity index (χ3n) is 4.25. The number of carboxylic acid groups (broad SMARTS) is 1. The summed E-state index contributed by atoms with van der Waals surface area (Å²) in [6.45, 7) is 11.7. The molecule has 1 amide bonds. The lowest BCUT2D eigenvalue weighted by Gasteiger charge is -2.37. The lowest BCUT2D eigenvalue weighted by atomic mass is 9.93. The van der Waals surface area contributed by atoms with Gasteiger partial charge in [-0.2, -0.15) is 0 Å². The maximum absolute atomic E-state index is 12.2. The highest BCUT2D eigenvalue weighted by molar-refractivity contribution is 7.80. The molecule has 0 aliphatic carbocycles. The zero-order valence-corrected chi connectivity index (χ0v) is 15.9. The van der Waals surface area contributed by atoms with Crippen molar-refractivity contribution < 1.29 is 19.4 Å². The van der Waals surface area contributed by atoms with Crippen molar-refractivity contribution in [2.75, 3.05) is 32.7 Å². The maximum atomic E-state index is 12.2. The molecular formula is C16H27N3O4S. The number of carboxylic acids is 1. The van der Waals surface area contributed by atoms with E-state index in [-0.39, 0.29) is 12.1 Å². The predicted octanol–water partition coefficient (Wildman–Crippen LogP) is 1.62. The van der Waals surface area contributed by atoms with Crippen molar-refractivity contribution in [1.29, 1.82) is 0 Å². The van der Waals surface area contributed by atoms with Crippen LogP contribution >= 0.6 is 12.2 Å². The normalized spacial score (nSPS) is 21.8. The lowest BCUT2D eigenvalue weighted by molar-refractivity contribution is -0.147. The van der Waals surface area contributed by atoms with E-state index in [0.29, 0.717) is 37.8 Å². The number of piperazine rings is 1. The monoisotopic (exact) mass is 357 g/mol. The smallest absolute Gasteiger partial charge is 0.410 e. The highest BCUT2D eigenvalue weighted by Gasteiger charge is 2.42. The highest BCUT2D eigenvalue weighted by atomic mass is 32.1. The summed E-state index contributed by atoms with van der Waals surface area (Å²) in [5.41, 5.74) is -1.39. The second kappa shape index (κ2) is 6.38. The predicted molar refractivity (Wildman–Crippen MR) is 93.9 cm³/mol. The zero-order chi connectivity index (χ0) is 18.3. The van der Waals surface area contributed by atoms with E-state index in [1.165, 1.54) is 0 Å². The Balaban J connectivity index is 2.00. The molecule has 8 heteroatoms. The molecule has 0 unspecified atom stereocenters. The number of hydrogen-bond acceptors (Lipinski definition) is 4. The Morgan fingerprint density at radius 2 is 1.83 bits per heavy atom. The fraction of sp³-hybridized carbons (Fsp3) is 0.812. The van der Waals surface area contributed by atoms with Crippen LogP contribution in [0.1, 0.15) is 34.6 Å². The van der Waals surface area contributed by atoms with Gasteiger partial charge in [0.05, 0.1) is 11.5 Å². The molecule has 2 saturated heterocycles. The number of hydrogen-bond donors (Lipinski definition) is 1. The summed E-state index contributed by atoms with van der Waals surface area (Å²) in [5, 5.41) is 10.00. The van der Waals surface area contributed by atoms with Gasteiger partial charge in [-0.05, 0) is 46.8 Å². The number of fused-ring (bicyclic) bond motifs is 1. The molecule has 0 aromatic rings. The van der Waals surface area contributed by atoms with Gasteiger partial charge >= 0.3 is 12.1 Å². The van der Waals surface area contributed by atoms with E-state index in [0.717, 1.165) is 0 Å². The second-order valence-corrected chi connectivity index (χ2v) is 8.49. The molecule has 1 atom stereocenters. The molecule has 2 aliphatic heterocycles. The Morgan fingerprint density at radius 3 is 2.38 bits per heavy atom. The van der Waals surface area contributed by atoms with E-state index >= 15 is 0 Å². The Hall–Kier alpha value is -1.57. The number of thiocarbonyl (C=S) groups is 1. The van der Waals surface area contributed by atoms with Crippen LogP contribution in [0.2, 0.25) is 0 Å². The fourth-order valence-electron chi connectivity index (χ4n) is 2.95. The van der Waals surface area contributed by atoms with E-state index in [1.54, 1.807) is 18.7 Å². The topological polar surface area (TPSA) is 73.3 Å². The number of nitrogens with zero attached hydrogens (tertiary/aromatic N) is 3. The largest absolute Gasteiger partial charge is 0.481 e. The molecule has 2 heterocycles. The summed E-state index contributed by atoms with van der Waals surface area (Å²) in [6, 6.07) is 0.0864. The minimum atomic E-state index is -0.872. The summed E-state index contributed by atoms with van der Waals surface area (Å²) in [7, 11) is 0. The van der Waals surface area contributed by atoms with Crippen molar-refractivity contribution in [1.82, 2.24) is 14.7 Å². The average molecular weight is 357 g/mol. The van der Waals surface area contributed by atoms with Gasteiger partial charge in [-0.1, -0.05) is 0 Å². The SMILES string of the molecule is CC(C)(C)OC(=O)N1CCN2C(=S)N(CC(C)(C)C(=O)O)C[C@H]2C1. The molecule has 2 fully saturated rings. The van der Waals surface area contributed by atoms with Crippen molar-refractivity contribution in [2.45, 2.75) is 46.3 Å². The number of carbonyl (C=O) groups is 2. The van der Waals surface area contributed by atoms with Crippen LogP contribution < -0.4 is 0 Å². The first-order valence-corrected chi connectivity index (χ1v) is 8.58. The molecule has 0 saturated carbocycles. The van der Waals surface area contributed by atoms with Gasteiger partial charge in [0.1, 0.15) is 5.60 Å². The second-order valence-electron chi connectivity index (χ2n) is 8.13. The summed E-state index contributed by atoms with van der Waals surface area (Å²) < 4.78 is 5.44. The molecule has 24 heavy (non-hydrogen) atoms. The Bertz CT molecular complexity index is 544. The van der Waals surface area contributed by atoms with Crippen LogP contribution in [-0.2, 0) is 9.53 Å². The molecule has 0 spiro atoms. The van der Waals surface area contributed by atoms with Crippen LogP contribution in [0.5, 0.6) is 0 Å². The minimum Gasteiger partial charge on any atom is -0.481 e. The van der Waals surface area contributed by atoms with Crippen molar-refractivity contribution in [2.24, 2.45) is 5.41 Å². The van der Waals surface area contributed by atoms with Gasteiger partial charge in [0.25, 0.3) is 0 Å². The quantitative estimate of drug-likeness (QED) is 0.770. The van der Waals surface area contributed by atoms with Gasteiger partial charge in [0.15, 0.2) is 5.11 Å². The summed E-state index contributed by atoms with van der Waals surface area (Å²) in [6.07, 6.45) is -0.308. The van der Waals surface area contributed by atoms with Gasteiger partial charge in [-0.15, -0.1) is 0 Å². The van der Waals surface area contributed by atoms with Gasteiger partial charge in [0, 0.05) is 32.7 Å². The summed E-state index contributed by atoms with van der Waals surface area (Å²) in [5.74, 6) is -0.842. The van der Waals surface area contributed by atoms with Crippen LogP contribution in [0.4, 0.5) is 4.79 Å². The molecule has 1 N–H and O–H groups in total. The highest BCUT2D eigenvalue weighted by Crippen LogP contribution is 2.26. The van der Waals surface area contributed by atoms with Crippen LogP contribution in [0.3, 0.4) is 0 Å². The molecule has 136 valence electrons. The summed E-state index contributed by atoms with van der Waals surface area (Å²) >= 11 is 5.51. The Kier molecular flexibility index (Phi) is 4.99. The van der Waals surface area contributed by atoms with E-state index < -0.39 is 17.0 Å². The van der Waals surface area contributed by atoms with Crippen molar-refractivity contribution in [3.05, 3.63) is 0 Å². The molecule has 0 aromatic carbocycles. The van der Waals surface area contributed by atoms with Crippen molar-refractivity contribution in [3.8, 4) is 0 Å². The van der Waals surface area contributed by atoms with Gasteiger partial charge in [-0.3, -0.25) is 4.79 Å². The first kappa shape index (κ1) is 18.8. The number of carbonyl (C=O) groups excluding carboxylic acids is 1. The number of amides is 1. The van der Waals surface area contributed by atoms with Crippen LogP contribution in [0.15, 0.2) is 0 Å². The van der Waals surface area contributed by atoms with E-state index in [9.17, 15) is 14.7 Å². The van der Waals surface area contributed by atoms with Crippen LogP contribution in [0, 0.1) is 5.41 Å². The Morgan fingerprint density at radius 1 is 1.21 bits per heavy atom. The third kappa shape index (κ3) is 4.09. The van der Waals surface area contributed by atoms with E-state index in [4.69, 9.17) is 17.0 Å². The van der Waals surface area contributed by atoms with E-state index in [2.05, 4.69) is 4.90 Å². The van der Waals surface area contributed by atoms with Crippen LogP contribution in [-0.4, -0.2) is 81.3 Å². The summed E-state index contributed by atoms with van der Waals surface area (Å²) in [4.78, 5) is 29.3. The van der Waals surface area contributed by atoms with Crippen molar-refractivity contribution in [3.63, 3.8) is 0 Å². The minimum absolute atomic E-state index is 0.0864. The first-order chi connectivity index (χ1) is 10.9. The standard InChI is InChI=1S/C16H27N3O4S/c1-15(2,3)23-14(22)17-6-7-19-11(8-17)9-18(13(19)24)10-16(4,5)12(20)21/h11H,6-10H2,1-5H3,(H,20,21)/t11-/m1/s1. The molecule has 2 aliphatic rings. The number of rotatable bonds is 3. The number of aliphatic carboxylic acids is 1. The molecule has 2 rings (SSSR count). The van der Waals surface area contributed by atoms with Crippen LogP contribution in [0.25, 0.3) is 0 Å². The Labute approximate surface area is 148 Å². The average Bonchev–Trinajstić information content (AvgIpc) is 2.72.